The molecule has 1 aliphatic heterocycles. The van der Waals surface area contributed by atoms with Crippen LogP contribution >= 0.6 is 15.9 Å². The van der Waals surface area contributed by atoms with Gasteiger partial charge < -0.3 is 15.4 Å². The first-order valence-electron chi connectivity index (χ1n) is 8.04. The van der Waals surface area contributed by atoms with Crippen molar-refractivity contribution < 1.29 is 4.74 Å². The van der Waals surface area contributed by atoms with Crippen LogP contribution in [0.4, 0.5) is 11.6 Å². The van der Waals surface area contributed by atoms with Crippen LogP contribution in [0.5, 0.6) is 0 Å². The average molecular weight is 401 g/mol. The standard InChI is InChI=1S/C18H17BrN4O2/c19-12-4-5-16-15(10-12)17(24)23(18(20)21-16)14-3-1-2-13(11-14)22-6-8-25-9-7-22/h1-5,10-11H,6-9H2,(H2,20,21). The van der Waals surface area contributed by atoms with Crippen molar-refractivity contribution in [2.75, 3.05) is 36.9 Å². The lowest BCUT2D eigenvalue weighted by Crippen LogP contribution is -2.36. The summed E-state index contributed by atoms with van der Waals surface area (Å²) < 4.78 is 7.69. The van der Waals surface area contributed by atoms with Crippen LogP contribution in [0, 0.1) is 0 Å². The molecule has 0 spiro atoms. The number of halogens is 1. The molecule has 25 heavy (non-hydrogen) atoms. The van der Waals surface area contributed by atoms with Gasteiger partial charge in [-0.15, -0.1) is 0 Å². The number of hydrogen-bond donors (Lipinski definition) is 1. The van der Waals surface area contributed by atoms with E-state index in [0.717, 1.165) is 23.2 Å². The van der Waals surface area contributed by atoms with Crippen LogP contribution in [-0.2, 0) is 4.74 Å². The number of benzene rings is 2. The lowest BCUT2D eigenvalue weighted by Gasteiger charge is -2.29. The molecular weight excluding hydrogens is 384 g/mol. The Morgan fingerprint density at radius 3 is 2.64 bits per heavy atom. The van der Waals surface area contributed by atoms with E-state index in [2.05, 4.69) is 25.8 Å². The molecule has 2 aromatic carbocycles. The van der Waals surface area contributed by atoms with E-state index >= 15 is 0 Å². The predicted octanol–water partition coefficient (Wildman–Crippen LogP) is 2.57. The van der Waals surface area contributed by atoms with Crippen molar-refractivity contribution in [1.29, 1.82) is 0 Å². The first kappa shape index (κ1) is 16.1. The smallest absolute Gasteiger partial charge is 0.267 e. The number of ether oxygens (including phenoxy) is 1. The monoisotopic (exact) mass is 400 g/mol. The third kappa shape index (κ3) is 3.01. The van der Waals surface area contributed by atoms with E-state index in [9.17, 15) is 4.79 Å². The second-order valence-electron chi connectivity index (χ2n) is 5.89. The van der Waals surface area contributed by atoms with Crippen molar-refractivity contribution in [3.63, 3.8) is 0 Å². The summed E-state index contributed by atoms with van der Waals surface area (Å²) in [7, 11) is 0. The molecule has 6 nitrogen and oxygen atoms in total. The Kier molecular flexibility index (Phi) is 4.19. The third-order valence-electron chi connectivity index (χ3n) is 4.32. The second-order valence-corrected chi connectivity index (χ2v) is 6.81. The summed E-state index contributed by atoms with van der Waals surface area (Å²) >= 11 is 3.40. The predicted molar refractivity (Wildman–Crippen MR) is 102 cm³/mol. The van der Waals surface area contributed by atoms with Crippen molar-refractivity contribution in [3.05, 3.63) is 57.3 Å². The molecule has 1 fully saturated rings. The zero-order valence-electron chi connectivity index (χ0n) is 13.5. The van der Waals surface area contributed by atoms with Gasteiger partial charge in [0.15, 0.2) is 0 Å². The summed E-state index contributed by atoms with van der Waals surface area (Å²) in [6.07, 6.45) is 0. The Morgan fingerprint density at radius 1 is 1.08 bits per heavy atom. The number of hydrogen-bond acceptors (Lipinski definition) is 5. The summed E-state index contributed by atoms with van der Waals surface area (Å²) in [6, 6.07) is 13.2. The third-order valence-corrected chi connectivity index (χ3v) is 4.81. The van der Waals surface area contributed by atoms with Gasteiger partial charge in [0.2, 0.25) is 5.95 Å². The van der Waals surface area contributed by atoms with Gasteiger partial charge in [-0.25, -0.2) is 9.55 Å². The number of nitrogens with zero attached hydrogens (tertiary/aromatic N) is 3. The number of morpholine rings is 1. The van der Waals surface area contributed by atoms with Gasteiger partial charge in [0, 0.05) is 23.2 Å². The highest BCUT2D eigenvalue weighted by Gasteiger charge is 2.14. The second kappa shape index (κ2) is 6.50. The van der Waals surface area contributed by atoms with Crippen LogP contribution in [0.1, 0.15) is 0 Å². The van der Waals surface area contributed by atoms with Crippen LogP contribution in [0.25, 0.3) is 16.6 Å². The van der Waals surface area contributed by atoms with Gasteiger partial charge in [-0.3, -0.25) is 4.79 Å². The highest BCUT2D eigenvalue weighted by Crippen LogP contribution is 2.22. The van der Waals surface area contributed by atoms with Gasteiger partial charge in [0.1, 0.15) is 0 Å². The fourth-order valence-electron chi connectivity index (χ4n) is 3.07. The summed E-state index contributed by atoms with van der Waals surface area (Å²) in [5.41, 5.74) is 8.26. The topological polar surface area (TPSA) is 73.4 Å². The van der Waals surface area contributed by atoms with Gasteiger partial charge in [-0.1, -0.05) is 22.0 Å². The first-order chi connectivity index (χ1) is 12.1. The van der Waals surface area contributed by atoms with Crippen LogP contribution in [0.3, 0.4) is 0 Å². The zero-order chi connectivity index (χ0) is 17.4. The number of aromatic nitrogens is 2. The van der Waals surface area contributed by atoms with Gasteiger partial charge in [0.25, 0.3) is 5.56 Å². The van der Waals surface area contributed by atoms with E-state index in [1.54, 1.807) is 12.1 Å². The lowest BCUT2D eigenvalue weighted by molar-refractivity contribution is 0.122. The molecule has 0 unspecified atom stereocenters. The zero-order valence-corrected chi connectivity index (χ0v) is 15.1. The fraction of sp³-hybridized carbons (Fsp3) is 0.222. The highest BCUT2D eigenvalue weighted by molar-refractivity contribution is 9.10. The highest BCUT2D eigenvalue weighted by atomic mass is 79.9. The molecule has 2 N–H and O–H groups in total. The van der Waals surface area contributed by atoms with E-state index in [4.69, 9.17) is 10.5 Å². The Balaban J connectivity index is 1.85. The molecule has 3 aromatic rings. The van der Waals surface area contributed by atoms with Crippen molar-refractivity contribution in [2.24, 2.45) is 0 Å². The molecule has 4 rings (SSSR count). The minimum atomic E-state index is -0.178. The Labute approximate surface area is 153 Å². The van der Waals surface area contributed by atoms with Crippen molar-refractivity contribution in [2.45, 2.75) is 0 Å². The summed E-state index contributed by atoms with van der Waals surface area (Å²) in [6.45, 7) is 3.07. The molecule has 7 heteroatoms. The molecule has 0 aliphatic carbocycles. The molecule has 0 radical (unpaired) electrons. The van der Waals surface area contributed by atoms with E-state index in [1.807, 2.05) is 30.3 Å². The maximum Gasteiger partial charge on any atom is 0.267 e. The van der Waals surface area contributed by atoms with Gasteiger partial charge in [-0.2, -0.15) is 0 Å². The van der Waals surface area contributed by atoms with Crippen LogP contribution < -0.4 is 16.2 Å². The minimum absolute atomic E-state index is 0.178. The van der Waals surface area contributed by atoms with E-state index < -0.39 is 0 Å². The summed E-state index contributed by atoms with van der Waals surface area (Å²) in [5.74, 6) is 0.180. The van der Waals surface area contributed by atoms with Crippen molar-refractivity contribution in [3.8, 4) is 5.69 Å². The molecule has 2 heterocycles. The molecule has 1 aromatic heterocycles. The average Bonchev–Trinajstić information content (AvgIpc) is 2.64. The molecule has 1 aliphatic rings. The van der Waals surface area contributed by atoms with E-state index in [0.29, 0.717) is 29.8 Å². The number of rotatable bonds is 2. The van der Waals surface area contributed by atoms with Gasteiger partial charge in [-0.05, 0) is 36.4 Å². The number of anilines is 2. The lowest BCUT2D eigenvalue weighted by atomic mass is 10.2. The molecule has 0 saturated carbocycles. The van der Waals surface area contributed by atoms with Gasteiger partial charge in [0.05, 0.1) is 29.8 Å². The van der Waals surface area contributed by atoms with Crippen molar-refractivity contribution in [1.82, 2.24) is 9.55 Å². The quantitative estimate of drug-likeness (QED) is 0.715. The maximum absolute atomic E-state index is 13.0. The van der Waals surface area contributed by atoms with Crippen LogP contribution in [0.2, 0.25) is 0 Å². The molecule has 128 valence electrons. The molecule has 1 saturated heterocycles. The minimum Gasteiger partial charge on any atom is -0.378 e. The molecule has 0 atom stereocenters. The fourth-order valence-corrected chi connectivity index (χ4v) is 3.44. The van der Waals surface area contributed by atoms with Crippen LogP contribution in [0.15, 0.2) is 51.7 Å². The number of fused-ring (bicyclic) bond motifs is 1. The van der Waals surface area contributed by atoms with E-state index in [-0.39, 0.29) is 11.5 Å². The molecule has 0 amide bonds. The SMILES string of the molecule is Nc1nc2ccc(Br)cc2c(=O)n1-c1cccc(N2CCOCC2)c1. The maximum atomic E-state index is 13.0. The Bertz CT molecular complexity index is 996. The number of nitrogens with two attached hydrogens (primary N) is 1. The molecular formula is C18H17BrN4O2. The summed E-state index contributed by atoms with van der Waals surface area (Å²) in [4.78, 5) is 19.6. The van der Waals surface area contributed by atoms with E-state index in [1.165, 1.54) is 4.57 Å². The largest absolute Gasteiger partial charge is 0.378 e. The first-order valence-corrected chi connectivity index (χ1v) is 8.84. The van der Waals surface area contributed by atoms with Crippen LogP contribution in [-0.4, -0.2) is 35.9 Å². The Morgan fingerprint density at radius 2 is 1.84 bits per heavy atom. The summed E-state index contributed by atoms with van der Waals surface area (Å²) in [5, 5.41) is 0.528. The molecule has 0 bridgehead atoms. The normalized spacial score (nSPS) is 14.8. The van der Waals surface area contributed by atoms with Crippen molar-refractivity contribution >= 4 is 38.5 Å². The Hall–Kier alpha value is -2.38. The van der Waals surface area contributed by atoms with Gasteiger partial charge >= 0.3 is 0 Å². The number of nitrogen functional groups attached to an aromatic ring is 1.